The van der Waals surface area contributed by atoms with Crippen molar-refractivity contribution in [1.82, 2.24) is 0 Å². The Balaban J connectivity index is 2.82. The molecule has 1 aromatic rings. The zero-order chi connectivity index (χ0) is 12.2. The maximum Gasteiger partial charge on any atom is 0.416 e. The molecule has 0 aromatic heterocycles. The van der Waals surface area contributed by atoms with Gasteiger partial charge in [0.15, 0.2) is 0 Å². The molecular formula is C11H13BrF3N. The summed E-state index contributed by atoms with van der Waals surface area (Å²) < 4.78 is 37.9. The van der Waals surface area contributed by atoms with E-state index in [4.69, 9.17) is 5.73 Å². The minimum atomic E-state index is -4.29. The van der Waals surface area contributed by atoms with Crippen molar-refractivity contribution in [2.24, 2.45) is 5.73 Å². The number of hydrogen-bond acceptors (Lipinski definition) is 1. The van der Waals surface area contributed by atoms with Gasteiger partial charge < -0.3 is 5.73 Å². The number of benzene rings is 1. The normalized spacial score (nSPS) is 11.8. The number of hydrogen-bond donors (Lipinski definition) is 1. The number of rotatable bonds is 4. The third-order valence-corrected chi connectivity index (χ3v) is 2.66. The molecule has 0 aliphatic carbocycles. The van der Waals surface area contributed by atoms with Gasteiger partial charge in [-0.15, -0.1) is 0 Å². The Kier molecular flexibility index (Phi) is 4.80. The van der Waals surface area contributed by atoms with E-state index in [0.717, 1.165) is 18.9 Å². The molecule has 0 saturated heterocycles. The van der Waals surface area contributed by atoms with Crippen molar-refractivity contribution in [3.63, 3.8) is 0 Å². The van der Waals surface area contributed by atoms with Gasteiger partial charge in [-0.05, 0) is 49.6 Å². The summed E-state index contributed by atoms with van der Waals surface area (Å²) in [6.45, 7) is 0.570. The first-order chi connectivity index (χ1) is 7.43. The molecule has 0 aliphatic heterocycles. The molecule has 0 amide bonds. The van der Waals surface area contributed by atoms with Crippen LogP contribution in [0.15, 0.2) is 22.7 Å². The quantitative estimate of drug-likeness (QED) is 0.841. The third kappa shape index (κ3) is 4.14. The van der Waals surface area contributed by atoms with E-state index in [1.165, 1.54) is 6.07 Å². The molecule has 1 aromatic carbocycles. The van der Waals surface area contributed by atoms with E-state index in [2.05, 4.69) is 15.9 Å². The topological polar surface area (TPSA) is 26.0 Å². The Bertz CT molecular complexity index is 350. The fraction of sp³-hybridized carbons (Fsp3) is 0.455. The highest BCUT2D eigenvalue weighted by Crippen LogP contribution is 2.32. The summed E-state index contributed by atoms with van der Waals surface area (Å²) in [5.74, 6) is 0. The number of nitrogens with two attached hydrogens (primary N) is 1. The van der Waals surface area contributed by atoms with Crippen molar-refractivity contribution in [2.45, 2.75) is 25.4 Å². The Morgan fingerprint density at radius 1 is 1.12 bits per heavy atom. The number of unbranched alkanes of at least 4 members (excludes halogenated alkanes) is 1. The highest BCUT2D eigenvalue weighted by Gasteiger charge is 2.30. The molecule has 0 saturated carbocycles. The van der Waals surface area contributed by atoms with E-state index in [9.17, 15) is 13.2 Å². The van der Waals surface area contributed by atoms with Crippen LogP contribution in [0.1, 0.15) is 24.0 Å². The van der Waals surface area contributed by atoms with Gasteiger partial charge in [-0.1, -0.05) is 15.9 Å². The lowest BCUT2D eigenvalue weighted by atomic mass is 10.1. The van der Waals surface area contributed by atoms with Crippen LogP contribution in [0.5, 0.6) is 0 Å². The van der Waals surface area contributed by atoms with Crippen LogP contribution in [0.25, 0.3) is 0 Å². The number of aryl methyl sites for hydroxylation is 1. The Hall–Kier alpha value is -0.550. The van der Waals surface area contributed by atoms with Gasteiger partial charge in [0, 0.05) is 4.47 Å². The number of halogens is 4. The minimum absolute atomic E-state index is 0.463. The predicted octanol–water partition coefficient (Wildman–Crippen LogP) is 3.75. The second-order valence-electron chi connectivity index (χ2n) is 3.59. The van der Waals surface area contributed by atoms with Gasteiger partial charge in [0.1, 0.15) is 0 Å². The molecular weight excluding hydrogens is 283 g/mol. The summed E-state index contributed by atoms with van der Waals surface area (Å²) >= 11 is 3.09. The first-order valence-corrected chi connectivity index (χ1v) is 5.79. The fourth-order valence-electron chi connectivity index (χ4n) is 1.43. The summed E-state index contributed by atoms with van der Waals surface area (Å²) in [6.07, 6.45) is -2.02. The average molecular weight is 296 g/mol. The van der Waals surface area contributed by atoms with Crippen LogP contribution in [0.2, 0.25) is 0 Å². The molecule has 0 fully saturated rings. The molecule has 0 unspecified atom stereocenters. The second kappa shape index (κ2) is 5.68. The Morgan fingerprint density at radius 2 is 1.81 bits per heavy atom. The maximum absolute atomic E-state index is 12.5. The van der Waals surface area contributed by atoms with E-state index in [0.29, 0.717) is 23.0 Å². The third-order valence-electron chi connectivity index (χ3n) is 2.20. The molecule has 0 aliphatic rings. The Labute approximate surface area is 101 Å². The lowest BCUT2D eigenvalue weighted by Gasteiger charge is -2.09. The predicted molar refractivity (Wildman–Crippen MR) is 61.1 cm³/mol. The van der Waals surface area contributed by atoms with Crippen LogP contribution in [0.4, 0.5) is 13.2 Å². The maximum atomic E-state index is 12.5. The van der Waals surface area contributed by atoms with Gasteiger partial charge in [-0.3, -0.25) is 0 Å². The van der Waals surface area contributed by atoms with Crippen molar-refractivity contribution < 1.29 is 13.2 Å². The van der Waals surface area contributed by atoms with Gasteiger partial charge >= 0.3 is 6.18 Å². The molecule has 2 N–H and O–H groups in total. The Morgan fingerprint density at radius 3 is 2.38 bits per heavy atom. The van der Waals surface area contributed by atoms with Gasteiger partial charge in [-0.25, -0.2) is 0 Å². The van der Waals surface area contributed by atoms with Crippen molar-refractivity contribution in [2.75, 3.05) is 6.54 Å². The van der Waals surface area contributed by atoms with Gasteiger partial charge in [0.25, 0.3) is 0 Å². The smallest absolute Gasteiger partial charge is 0.330 e. The largest absolute Gasteiger partial charge is 0.416 e. The van der Waals surface area contributed by atoms with Gasteiger partial charge in [-0.2, -0.15) is 13.2 Å². The van der Waals surface area contributed by atoms with Gasteiger partial charge in [0.05, 0.1) is 5.56 Å². The molecule has 1 rings (SSSR count). The highest BCUT2D eigenvalue weighted by molar-refractivity contribution is 9.10. The molecule has 90 valence electrons. The van der Waals surface area contributed by atoms with E-state index in [-0.39, 0.29) is 0 Å². The van der Waals surface area contributed by atoms with Crippen molar-refractivity contribution in [3.8, 4) is 0 Å². The van der Waals surface area contributed by atoms with Crippen LogP contribution in [-0.2, 0) is 12.6 Å². The second-order valence-corrected chi connectivity index (χ2v) is 4.51. The molecule has 0 bridgehead atoms. The summed E-state index contributed by atoms with van der Waals surface area (Å²) in [6, 6.07) is 4.00. The molecule has 0 atom stereocenters. The van der Waals surface area contributed by atoms with Crippen LogP contribution >= 0.6 is 15.9 Å². The molecule has 0 radical (unpaired) electrons. The summed E-state index contributed by atoms with van der Waals surface area (Å²) in [5, 5.41) is 0. The molecule has 0 heterocycles. The lowest BCUT2D eigenvalue weighted by Crippen LogP contribution is -2.06. The van der Waals surface area contributed by atoms with E-state index in [1.54, 1.807) is 6.07 Å². The first-order valence-electron chi connectivity index (χ1n) is 5.00. The van der Waals surface area contributed by atoms with Crippen LogP contribution < -0.4 is 5.73 Å². The average Bonchev–Trinajstić information content (AvgIpc) is 2.16. The zero-order valence-electron chi connectivity index (χ0n) is 8.65. The molecule has 0 spiro atoms. The fourth-order valence-corrected chi connectivity index (χ4v) is 1.97. The van der Waals surface area contributed by atoms with Crippen LogP contribution in [0, 0.1) is 0 Å². The molecule has 1 nitrogen and oxygen atoms in total. The minimum Gasteiger partial charge on any atom is -0.330 e. The first kappa shape index (κ1) is 13.5. The summed E-state index contributed by atoms with van der Waals surface area (Å²) in [5.41, 5.74) is 5.42. The standard InChI is InChI=1S/C11H13BrF3N/c12-10-6-8(3-1-2-4-16)5-9(7-10)11(13,14)15/h5-7H,1-4,16H2. The summed E-state index contributed by atoms with van der Waals surface area (Å²) in [7, 11) is 0. The van der Waals surface area contributed by atoms with E-state index >= 15 is 0 Å². The van der Waals surface area contributed by atoms with Crippen molar-refractivity contribution in [1.29, 1.82) is 0 Å². The number of alkyl halides is 3. The van der Waals surface area contributed by atoms with E-state index < -0.39 is 11.7 Å². The zero-order valence-corrected chi connectivity index (χ0v) is 10.2. The van der Waals surface area contributed by atoms with E-state index in [1.807, 2.05) is 0 Å². The van der Waals surface area contributed by atoms with Crippen LogP contribution in [-0.4, -0.2) is 6.54 Å². The highest BCUT2D eigenvalue weighted by atomic mass is 79.9. The van der Waals surface area contributed by atoms with Gasteiger partial charge in [0.2, 0.25) is 0 Å². The molecule has 5 heteroatoms. The van der Waals surface area contributed by atoms with Crippen molar-refractivity contribution >= 4 is 15.9 Å². The SMILES string of the molecule is NCCCCc1cc(Br)cc(C(F)(F)F)c1. The lowest BCUT2D eigenvalue weighted by molar-refractivity contribution is -0.137. The monoisotopic (exact) mass is 295 g/mol. The molecule has 16 heavy (non-hydrogen) atoms. The summed E-state index contributed by atoms with van der Waals surface area (Å²) in [4.78, 5) is 0. The van der Waals surface area contributed by atoms with Crippen LogP contribution in [0.3, 0.4) is 0 Å². The van der Waals surface area contributed by atoms with Crippen molar-refractivity contribution in [3.05, 3.63) is 33.8 Å².